The molecule has 0 saturated carbocycles. The number of fused-ring (bicyclic) bond motifs is 1. The third-order valence-corrected chi connectivity index (χ3v) is 4.38. The van der Waals surface area contributed by atoms with Crippen LogP contribution in [-0.2, 0) is 0 Å². The Morgan fingerprint density at radius 3 is 2.77 bits per heavy atom. The molecule has 2 N–H and O–H groups in total. The SMILES string of the molecule is Cc1cc(-c2c(C)n[nH]c2C)n2nc(C3CCCN3)cc2n1. The van der Waals surface area contributed by atoms with Crippen molar-refractivity contribution in [1.82, 2.24) is 30.1 Å². The molecule has 4 heterocycles. The zero-order valence-corrected chi connectivity index (χ0v) is 13.1. The van der Waals surface area contributed by atoms with E-state index in [9.17, 15) is 0 Å². The van der Waals surface area contributed by atoms with E-state index in [2.05, 4.69) is 32.6 Å². The van der Waals surface area contributed by atoms with Gasteiger partial charge in [0.2, 0.25) is 0 Å². The highest BCUT2D eigenvalue weighted by molar-refractivity contribution is 5.67. The molecule has 1 atom stereocenters. The number of H-pyrrole nitrogens is 1. The van der Waals surface area contributed by atoms with Gasteiger partial charge in [0.1, 0.15) is 0 Å². The van der Waals surface area contributed by atoms with Crippen LogP contribution in [0.1, 0.15) is 41.7 Å². The summed E-state index contributed by atoms with van der Waals surface area (Å²) in [5.41, 5.74) is 7.18. The topological polar surface area (TPSA) is 70.9 Å². The molecule has 1 unspecified atom stereocenters. The minimum atomic E-state index is 0.349. The zero-order chi connectivity index (χ0) is 15.3. The van der Waals surface area contributed by atoms with Gasteiger partial charge in [0.25, 0.3) is 0 Å². The lowest BCUT2D eigenvalue weighted by Gasteiger charge is -2.07. The summed E-state index contributed by atoms with van der Waals surface area (Å²) in [7, 11) is 0. The van der Waals surface area contributed by atoms with Crippen LogP contribution in [0.5, 0.6) is 0 Å². The first-order chi connectivity index (χ1) is 10.6. The maximum atomic E-state index is 4.82. The Morgan fingerprint density at radius 2 is 2.09 bits per heavy atom. The Labute approximate surface area is 129 Å². The highest BCUT2D eigenvalue weighted by Crippen LogP contribution is 2.28. The highest BCUT2D eigenvalue weighted by atomic mass is 15.3. The fourth-order valence-electron chi connectivity index (χ4n) is 3.33. The van der Waals surface area contributed by atoms with E-state index in [4.69, 9.17) is 5.10 Å². The Kier molecular flexibility index (Phi) is 3.00. The van der Waals surface area contributed by atoms with Crippen molar-refractivity contribution in [3.63, 3.8) is 0 Å². The van der Waals surface area contributed by atoms with Crippen molar-refractivity contribution in [2.24, 2.45) is 0 Å². The molecule has 0 aromatic carbocycles. The minimum absolute atomic E-state index is 0.349. The minimum Gasteiger partial charge on any atom is -0.309 e. The molecule has 1 aliphatic heterocycles. The predicted molar refractivity (Wildman–Crippen MR) is 84.8 cm³/mol. The molecule has 114 valence electrons. The van der Waals surface area contributed by atoms with Gasteiger partial charge in [-0.15, -0.1) is 0 Å². The molecule has 1 aliphatic rings. The monoisotopic (exact) mass is 296 g/mol. The molecule has 22 heavy (non-hydrogen) atoms. The first kappa shape index (κ1) is 13.5. The third-order valence-electron chi connectivity index (χ3n) is 4.38. The summed E-state index contributed by atoms with van der Waals surface area (Å²) in [6.45, 7) is 7.15. The van der Waals surface area contributed by atoms with Gasteiger partial charge in [-0.2, -0.15) is 10.2 Å². The van der Waals surface area contributed by atoms with Gasteiger partial charge in [-0.3, -0.25) is 5.10 Å². The number of aromatic amines is 1. The molecule has 0 bridgehead atoms. The van der Waals surface area contributed by atoms with Gasteiger partial charge >= 0.3 is 0 Å². The molecule has 0 radical (unpaired) electrons. The number of rotatable bonds is 2. The predicted octanol–water partition coefficient (Wildman–Crippen LogP) is 2.47. The second-order valence-corrected chi connectivity index (χ2v) is 6.08. The van der Waals surface area contributed by atoms with Gasteiger partial charge in [-0.05, 0) is 46.2 Å². The summed E-state index contributed by atoms with van der Waals surface area (Å²) in [5.74, 6) is 0. The first-order valence-electron chi connectivity index (χ1n) is 7.76. The van der Waals surface area contributed by atoms with Crippen molar-refractivity contribution in [1.29, 1.82) is 0 Å². The summed E-state index contributed by atoms with van der Waals surface area (Å²) < 4.78 is 1.95. The van der Waals surface area contributed by atoms with E-state index in [1.54, 1.807) is 0 Å². The third kappa shape index (κ3) is 2.02. The molecule has 3 aromatic rings. The van der Waals surface area contributed by atoms with Crippen LogP contribution >= 0.6 is 0 Å². The lowest BCUT2D eigenvalue weighted by molar-refractivity contribution is 0.621. The first-order valence-corrected chi connectivity index (χ1v) is 7.76. The van der Waals surface area contributed by atoms with Gasteiger partial charge in [-0.1, -0.05) is 0 Å². The largest absolute Gasteiger partial charge is 0.309 e. The fourth-order valence-corrected chi connectivity index (χ4v) is 3.33. The normalized spacial score (nSPS) is 18.4. The number of hydrogen-bond donors (Lipinski definition) is 2. The van der Waals surface area contributed by atoms with Crippen LogP contribution in [0.25, 0.3) is 16.9 Å². The number of nitrogens with zero attached hydrogens (tertiary/aromatic N) is 4. The van der Waals surface area contributed by atoms with Crippen molar-refractivity contribution in [3.8, 4) is 11.3 Å². The zero-order valence-electron chi connectivity index (χ0n) is 13.1. The Hall–Kier alpha value is -2.21. The smallest absolute Gasteiger partial charge is 0.156 e. The maximum absolute atomic E-state index is 4.82. The summed E-state index contributed by atoms with van der Waals surface area (Å²) >= 11 is 0. The standard InChI is InChI=1S/C16H20N6/c1-9-7-14(16-10(2)19-20-11(16)3)22-15(18-9)8-13(21-22)12-5-4-6-17-12/h7-8,12,17H,4-6H2,1-3H3,(H,19,20). The molecule has 0 spiro atoms. The second kappa shape index (κ2) is 4.91. The van der Waals surface area contributed by atoms with Crippen LogP contribution in [-0.4, -0.2) is 31.3 Å². The maximum Gasteiger partial charge on any atom is 0.156 e. The molecule has 0 amide bonds. The number of aromatic nitrogens is 5. The van der Waals surface area contributed by atoms with Gasteiger partial charge in [-0.25, -0.2) is 9.50 Å². The van der Waals surface area contributed by atoms with E-state index >= 15 is 0 Å². The lowest BCUT2D eigenvalue weighted by atomic mass is 10.1. The van der Waals surface area contributed by atoms with Crippen LogP contribution < -0.4 is 5.32 Å². The van der Waals surface area contributed by atoms with Gasteiger partial charge in [0.05, 0.1) is 23.1 Å². The summed E-state index contributed by atoms with van der Waals surface area (Å²) in [6.07, 6.45) is 2.35. The van der Waals surface area contributed by atoms with Crippen LogP contribution in [0, 0.1) is 20.8 Å². The van der Waals surface area contributed by atoms with E-state index in [-0.39, 0.29) is 0 Å². The molecular formula is C16H20N6. The van der Waals surface area contributed by atoms with Crippen molar-refractivity contribution < 1.29 is 0 Å². The average Bonchev–Trinajstić information content (AvgIpc) is 3.18. The summed E-state index contributed by atoms with van der Waals surface area (Å²) in [6, 6.07) is 4.53. The highest BCUT2D eigenvalue weighted by Gasteiger charge is 2.21. The Balaban J connectivity index is 1.94. The molecule has 1 saturated heterocycles. The van der Waals surface area contributed by atoms with Gasteiger partial charge in [0, 0.05) is 23.0 Å². The molecule has 1 fully saturated rings. The number of nitrogens with one attached hydrogen (secondary N) is 2. The van der Waals surface area contributed by atoms with Gasteiger partial charge < -0.3 is 5.32 Å². The molecule has 6 nitrogen and oxygen atoms in total. The quantitative estimate of drug-likeness (QED) is 0.762. The van der Waals surface area contributed by atoms with Crippen molar-refractivity contribution in [2.45, 2.75) is 39.7 Å². The van der Waals surface area contributed by atoms with E-state index in [1.807, 2.05) is 25.3 Å². The van der Waals surface area contributed by atoms with E-state index in [0.717, 1.165) is 52.6 Å². The molecule has 6 heteroatoms. The molecular weight excluding hydrogens is 276 g/mol. The van der Waals surface area contributed by atoms with Crippen molar-refractivity contribution >= 4 is 5.65 Å². The molecule has 3 aromatic heterocycles. The number of hydrogen-bond acceptors (Lipinski definition) is 4. The van der Waals surface area contributed by atoms with Crippen LogP contribution in [0.4, 0.5) is 0 Å². The number of aryl methyl sites for hydroxylation is 3. The fraction of sp³-hybridized carbons (Fsp3) is 0.438. The van der Waals surface area contributed by atoms with E-state index < -0.39 is 0 Å². The van der Waals surface area contributed by atoms with Crippen molar-refractivity contribution in [3.05, 3.63) is 34.9 Å². The van der Waals surface area contributed by atoms with Gasteiger partial charge in [0.15, 0.2) is 5.65 Å². The van der Waals surface area contributed by atoms with Crippen LogP contribution in [0.3, 0.4) is 0 Å². The lowest BCUT2D eigenvalue weighted by Crippen LogP contribution is -2.13. The van der Waals surface area contributed by atoms with E-state index in [1.165, 1.54) is 6.42 Å². The second-order valence-electron chi connectivity index (χ2n) is 6.08. The Bertz CT molecular complexity index is 818. The average molecular weight is 296 g/mol. The van der Waals surface area contributed by atoms with E-state index in [0.29, 0.717) is 6.04 Å². The van der Waals surface area contributed by atoms with Crippen molar-refractivity contribution in [2.75, 3.05) is 6.54 Å². The van der Waals surface area contributed by atoms with Crippen LogP contribution in [0.15, 0.2) is 12.1 Å². The Morgan fingerprint density at radius 1 is 1.23 bits per heavy atom. The summed E-state index contributed by atoms with van der Waals surface area (Å²) in [5, 5.41) is 15.7. The molecule has 0 aliphatic carbocycles. The summed E-state index contributed by atoms with van der Waals surface area (Å²) in [4.78, 5) is 4.64. The molecule has 4 rings (SSSR count). The van der Waals surface area contributed by atoms with Crippen LogP contribution in [0.2, 0.25) is 0 Å².